The Kier molecular flexibility index (Phi) is 5.53. The van der Waals surface area contributed by atoms with Crippen LogP contribution in [0.1, 0.15) is 0 Å². The molecule has 4 rings (SSSR count). The van der Waals surface area contributed by atoms with Gasteiger partial charge in [-0.15, -0.1) is 11.3 Å². The van der Waals surface area contributed by atoms with E-state index in [0.717, 1.165) is 17.6 Å². The summed E-state index contributed by atoms with van der Waals surface area (Å²) in [5.41, 5.74) is 1.28. The molecule has 0 amide bonds. The molecule has 0 unspecified atom stereocenters. The number of nitrogens with zero attached hydrogens (tertiary/aromatic N) is 1. The SMILES string of the molecule is CN(C)CCOCC1=CC=C2C=CC=c3sc4ccc(Br)cc4c3=C2S1. The maximum atomic E-state index is 5.87. The van der Waals surface area contributed by atoms with Gasteiger partial charge in [0.2, 0.25) is 0 Å². The van der Waals surface area contributed by atoms with Gasteiger partial charge >= 0.3 is 0 Å². The number of thioether (sulfide) groups is 1. The molecule has 5 heteroatoms. The number of fused-ring (bicyclic) bond motifs is 4. The fraction of sp³-hybridized carbons (Fsp3) is 0.238. The molecule has 0 N–H and O–H groups in total. The third kappa shape index (κ3) is 3.78. The van der Waals surface area contributed by atoms with Crippen LogP contribution in [0.3, 0.4) is 0 Å². The van der Waals surface area contributed by atoms with Crippen molar-refractivity contribution >= 4 is 60.1 Å². The first-order valence-corrected chi connectivity index (χ1v) is 11.0. The monoisotopic (exact) mass is 445 g/mol. The number of allylic oxidation sites excluding steroid dienone is 4. The standard InChI is InChI=1S/C21H20BrNOS2/c1-23(2)10-11-24-13-16-8-6-14-4-3-5-19-20(21(14)25-16)17-12-15(22)7-9-18(17)26-19/h3-9,12H,10-11,13H2,1-2H3. The molecule has 1 aromatic heterocycles. The zero-order valence-corrected chi connectivity index (χ0v) is 18.0. The van der Waals surface area contributed by atoms with Crippen molar-refractivity contribution in [2.24, 2.45) is 0 Å². The summed E-state index contributed by atoms with van der Waals surface area (Å²) < 4.78 is 9.65. The number of hydrogen-bond acceptors (Lipinski definition) is 4. The highest BCUT2D eigenvalue weighted by Crippen LogP contribution is 2.37. The largest absolute Gasteiger partial charge is 0.375 e. The quantitative estimate of drug-likeness (QED) is 0.637. The lowest BCUT2D eigenvalue weighted by Crippen LogP contribution is -2.21. The second-order valence-corrected chi connectivity index (χ2v) is 9.69. The van der Waals surface area contributed by atoms with Gasteiger partial charge in [0.15, 0.2) is 0 Å². The van der Waals surface area contributed by atoms with Crippen molar-refractivity contribution in [3.05, 3.63) is 67.2 Å². The Morgan fingerprint density at radius 3 is 2.88 bits per heavy atom. The topological polar surface area (TPSA) is 12.5 Å². The van der Waals surface area contributed by atoms with Gasteiger partial charge in [-0.2, -0.15) is 0 Å². The van der Waals surface area contributed by atoms with Crippen molar-refractivity contribution in [3.8, 4) is 0 Å². The lowest BCUT2D eigenvalue weighted by atomic mass is 10.1. The van der Waals surface area contributed by atoms with Crippen molar-refractivity contribution in [2.45, 2.75) is 0 Å². The minimum absolute atomic E-state index is 0.667. The predicted molar refractivity (Wildman–Crippen MR) is 119 cm³/mol. The molecule has 0 spiro atoms. The van der Waals surface area contributed by atoms with Crippen LogP contribution < -0.4 is 9.75 Å². The summed E-state index contributed by atoms with van der Waals surface area (Å²) >= 11 is 7.34. The van der Waals surface area contributed by atoms with E-state index in [0.29, 0.717) is 6.61 Å². The number of benzene rings is 1. The van der Waals surface area contributed by atoms with E-state index in [1.165, 1.54) is 35.2 Å². The molecular weight excluding hydrogens is 426 g/mol. The summed E-state index contributed by atoms with van der Waals surface area (Å²) in [5.74, 6) is 0. The van der Waals surface area contributed by atoms with Gasteiger partial charge in [-0.25, -0.2) is 0 Å². The normalized spacial score (nSPS) is 16.1. The van der Waals surface area contributed by atoms with Crippen LogP contribution in [0.4, 0.5) is 0 Å². The lowest BCUT2D eigenvalue weighted by Gasteiger charge is -2.16. The van der Waals surface area contributed by atoms with Crippen molar-refractivity contribution in [1.82, 2.24) is 4.90 Å². The minimum Gasteiger partial charge on any atom is -0.375 e. The fourth-order valence-electron chi connectivity index (χ4n) is 2.99. The highest BCUT2D eigenvalue weighted by Gasteiger charge is 2.17. The first-order valence-electron chi connectivity index (χ1n) is 8.54. The lowest BCUT2D eigenvalue weighted by molar-refractivity contribution is 0.140. The van der Waals surface area contributed by atoms with E-state index in [9.17, 15) is 0 Å². The highest BCUT2D eigenvalue weighted by molar-refractivity contribution is 9.10. The fourth-order valence-corrected chi connectivity index (χ4v) is 5.63. The van der Waals surface area contributed by atoms with Gasteiger partial charge in [-0.1, -0.05) is 45.9 Å². The van der Waals surface area contributed by atoms with E-state index in [1.807, 2.05) is 23.1 Å². The molecule has 0 bridgehead atoms. The van der Waals surface area contributed by atoms with Crippen LogP contribution in [-0.4, -0.2) is 38.8 Å². The highest BCUT2D eigenvalue weighted by atomic mass is 79.9. The summed E-state index contributed by atoms with van der Waals surface area (Å²) in [4.78, 5) is 4.74. The smallest absolute Gasteiger partial charge is 0.0779 e. The van der Waals surface area contributed by atoms with Crippen molar-refractivity contribution < 1.29 is 4.74 Å². The van der Waals surface area contributed by atoms with E-state index in [4.69, 9.17) is 4.74 Å². The van der Waals surface area contributed by atoms with E-state index in [-0.39, 0.29) is 0 Å². The molecule has 134 valence electrons. The van der Waals surface area contributed by atoms with Crippen LogP contribution in [0.15, 0.2) is 57.5 Å². The van der Waals surface area contributed by atoms with Gasteiger partial charge in [0.1, 0.15) is 0 Å². The maximum Gasteiger partial charge on any atom is 0.0779 e. The van der Waals surface area contributed by atoms with Gasteiger partial charge in [-0.05, 0) is 50.0 Å². The molecule has 0 atom stereocenters. The number of rotatable bonds is 5. The van der Waals surface area contributed by atoms with Gasteiger partial charge in [0.25, 0.3) is 0 Å². The Morgan fingerprint density at radius 1 is 1.15 bits per heavy atom. The molecular formula is C21H20BrNOS2. The zero-order valence-electron chi connectivity index (χ0n) is 14.8. The average Bonchev–Trinajstić information content (AvgIpc) is 2.86. The summed E-state index contributed by atoms with van der Waals surface area (Å²) in [5, 5.41) is 2.67. The van der Waals surface area contributed by atoms with Gasteiger partial charge in [-0.3, -0.25) is 0 Å². The van der Waals surface area contributed by atoms with Crippen LogP contribution in [-0.2, 0) is 4.74 Å². The minimum atomic E-state index is 0.667. The first-order chi connectivity index (χ1) is 12.6. The molecule has 0 saturated carbocycles. The van der Waals surface area contributed by atoms with E-state index < -0.39 is 0 Å². The van der Waals surface area contributed by atoms with Crippen LogP contribution in [0, 0.1) is 0 Å². The summed E-state index contributed by atoms with van der Waals surface area (Å²) in [6.07, 6.45) is 11.0. The molecule has 1 aromatic carbocycles. The average molecular weight is 446 g/mol. The van der Waals surface area contributed by atoms with Crippen molar-refractivity contribution in [2.75, 3.05) is 33.9 Å². The summed E-state index contributed by atoms with van der Waals surface area (Å²) in [6.45, 7) is 2.37. The van der Waals surface area contributed by atoms with Crippen LogP contribution in [0.5, 0.6) is 0 Å². The molecule has 0 fully saturated rings. The zero-order chi connectivity index (χ0) is 18.1. The van der Waals surface area contributed by atoms with Gasteiger partial charge < -0.3 is 9.64 Å². The molecule has 0 radical (unpaired) electrons. The Bertz CT molecular complexity index is 1060. The number of thiophene rings is 1. The Labute approximate surface area is 170 Å². The number of ether oxygens (including phenoxy) is 1. The Morgan fingerprint density at radius 2 is 2.04 bits per heavy atom. The number of hydrogen-bond donors (Lipinski definition) is 0. The van der Waals surface area contributed by atoms with E-state index >= 15 is 0 Å². The molecule has 2 heterocycles. The van der Waals surface area contributed by atoms with E-state index in [1.54, 1.807) is 0 Å². The summed E-state index contributed by atoms with van der Waals surface area (Å²) in [6, 6.07) is 6.56. The molecule has 2 aromatic rings. The molecule has 1 aliphatic carbocycles. The third-order valence-electron chi connectivity index (χ3n) is 4.30. The molecule has 2 aliphatic rings. The number of halogens is 1. The third-order valence-corrected chi connectivity index (χ3v) is 7.09. The maximum absolute atomic E-state index is 5.87. The van der Waals surface area contributed by atoms with Crippen molar-refractivity contribution in [3.63, 3.8) is 0 Å². The van der Waals surface area contributed by atoms with Crippen LogP contribution in [0.2, 0.25) is 0 Å². The Hall–Kier alpha value is -1.11. The van der Waals surface area contributed by atoms with Crippen molar-refractivity contribution in [1.29, 1.82) is 0 Å². The molecule has 1 aliphatic heterocycles. The molecule has 2 nitrogen and oxygen atoms in total. The van der Waals surface area contributed by atoms with Crippen LogP contribution >= 0.6 is 39.0 Å². The Balaban J connectivity index is 1.73. The molecule has 0 saturated heterocycles. The first kappa shape index (κ1) is 18.3. The molecule has 26 heavy (non-hydrogen) atoms. The van der Waals surface area contributed by atoms with Crippen LogP contribution in [0.25, 0.3) is 21.1 Å². The van der Waals surface area contributed by atoms with Gasteiger partial charge in [0.05, 0.1) is 13.2 Å². The predicted octanol–water partition coefficient (Wildman–Crippen LogP) is 4.26. The van der Waals surface area contributed by atoms with E-state index in [2.05, 4.69) is 83.5 Å². The second kappa shape index (κ2) is 7.87. The second-order valence-electron chi connectivity index (χ2n) is 6.55. The number of likely N-dealkylation sites (N-methyl/N-ethyl adjacent to an activating group) is 1. The van der Waals surface area contributed by atoms with Gasteiger partial charge in [0, 0.05) is 40.7 Å². The summed E-state index contributed by atoms with van der Waals surface area (Å²) in [7, 11) is 4.14.